The van der Waals surface area contributed by atoms with E-state index < -0.39 is 0 Å². The third-order valence-electron chi connectivity index (χ3n) is 4.11. The predicted octanol–water partition coefficient (Wildman–Crippen LogP) is 4.29. The van der Waals surface area contributed by atoms with Crippen molar-refractivity contribution in [1.82, 2.24) is 20.6 Å². The summed E-state index contributed by atoms with van der Waals surface area (Å²) in [6.45, 7) is 5.89. The summed E-state index contributed by atoms with van der Waals surface area (Å²) in [4.78, 5) is 14.2. The summed E-state index contributed by atoms with van der Waals surface area (Å²) in [5.41, 5.74) is 0.913. The van der Waals surface area contributed by atoms with Gasteiger partial charge in [0.1, 0.15) is 5.01 Å². The molecule has 0 fully saturated rings. The summed E-state index contributed by atoms with van der Waals surface area (Å²) in [7, 11) is 1.74. The number of aromatic nitrogens is 2. The van der Waals surface area contributed by atoms with Crippen LogP contribution in [0.3, 0.4) is 0 Å². The number of ether oxygens (including phenoxy) is 2. The predicted molar refractivity (Wildman–Crippen MR) is 120 cm³/mol. The summed E-state index contributed by atoms with van der Waals surface area (Å²) >= 11 is 1.67. The molecule has 2 N–H and O–H groups in total. The van der Waals surface area contributed by atoms with Crippen LogP contribution in [-0.2, 0) is 13.1 Å². The highest BCUT2D eigenvalue weighted by atomic mass is 32.1. The molecule has 158 valence electrons. The van der Waals surface area contributed by atoms with Crippen molar-refractivity contribution in [3.05, 3.63) is 64.2 Å². The van der Waals surface area contributed by atoms with Gasteiger partial charge in [-0.05, 0) is 31.5 Å². The number of aryl methyl sites for hydroxylation is 1. The Morgan fingerprint density at radius 3 is 2.60 bits per heavy atom. The molecule has 0 aliphatic carbocycles. The highest BCUT2D eigenvalue weighted by molar-refractivity contribution is 7.11. The monoisotopic (exact) mass is 425 g/mol. The van der Waals surface area contributed by atoms with Crippen LogP contribution in [0.25, 0.3) is 0 Å². The van der Waals surface area contributed by atoms with Crippen molar-refractivity contribution < 1.29 is 9.47 Å². The van der Waals surface area contributed by atoms with E-state index in [4.69, 9.17) is 9.47 Å². The molecule has 8 heteroatoms. The molecule has 0 unspecified atom stereocenters. The van der Waals surface area contributed by atoms with E-state index in [1.54, 1.807) is 24.6 Å². The lowest BCUT2D eigenvalue weighted by Gasteiger charge is -2.15. The Balaban J connectivity index is 1.64. The second kappa shape index (κ2) is 11.2. The molecule has 0 aliphatic rings. The smallest absolute Gasteiger partial charge is 0.224 e. The zero-order valence-electron chi connectivity index (χ0n) is 17.5. The van der Waals surface area contributed by atoms with Crippen molar-refractivity contribution in [1.29, 1.82) is 0 Å². The second-order valence-corrected chi connectivity index (χ2v) is 7.83. The molecule has 0 aliphatic heterocycles. The fourth-order valence-electron chi connectivity index (χ4n) is 2.66. The van der Waals surface area contributed by atoms with E-state index in [1.807, 2.05) is 49.5 Å². The normalized spacial score (nSPS) is 11.2. The minimum atomic E-state index is 0.512. The number of aliphatic imine (C=N–C) groups is 1. The van der Waals surface area contributed by atoms with Gasteiger partial charge in [0, 0.05) is 36.4 Å². The minimum Gasteiger partial charge on any atom is -0.490 e. The van der Waals surface area contributed by atoms with E-state index in [0.29, 0.717) is 43.0 Å². The number of nitrogens with one attached hydrogen (secondary N) is 2. The molecule has 3 aromatic rings. The van der Waals surface area contributed by atoms with Gasteiger partial charge < -0.3 is 20.1 Å². The van der Waals surface area contributed by atoms with Crippen LogP contribution >= 0.6 is 11.3 Å². The van der Waals surface area contributed by atoms with Gasteiger partial charge in [-0.25, -0.2) is 9.97 Å². The average Bonchev–Trinajstić information content (AvgIpc) is 3.19. The first kappa shape index (κ1) is 21.6. The Morgan fingerprint density at radius 2 is 1.87 bits per heavy atom. The average molecular weight is 426 g/mol. The maximum absolute atomic E-state index is 6.09. The van der Waals surface area contributed by atoms with Crippen molar-refractivity contribution in [2.75, 3.05) is 13.7 Å². The lowest BCUT2D eigenvalue weighted by Crippen LogP contribution is -2.36. The molecular formula is C22H27N5O2S. The van der Waals surface area contributed by atoms with Gasteiger partial charge in [0.25, 0.3) is 0 Å². The molecule has 0 radical (unpaired) electrons. The maximum Gasteiger partial charge on any atom is 0.224 e. The highest BCUT2D eigenvalue weighted by Crippen LogP contribution is 2.31. The Bertz CT molecular complexity index is 973. The zero-order chi connectivity index (χ0) is 21.2. The van der Waals surface area contributed by atoms with Gasteiger partial charge in [0.05, 0.1) is 13.2 Å². The Labute approximate surface area is 181 Å². The van der Waals surface area contributed by atoms with Crippen molar-refractivity contribution in [2.45, 2.75) is 33.4 Å². The topological polar surface area (TPSA) is 80.7 Å². The molecule has 2 heterocycles. The molecule has 3 rings (SSSR count). The molecular weight excluding hydrogens is 398 g/mol. The molecule has 0 saturated heterocycles. The standard InChI is InChI=1S/C22H27N5O2S/c1-4-12-28-18-9-5-6-10-19(18)29-21-17(8-7-11-24-21)14-26-22(23-3)27-15-20-25-13-16(2)30-20/h5-11,13H,4,12,14-15H2,1-3H3,(H2,23,26,27). The van der Waals surface area contributed by atoms with E-state index in [9.17, 15) is 0 Å². The first-order valence-corrected chi connectivity index (χ1v) is 10.7. The van der Waals surface area contributed by atoms with Crippen LogP contribution in [0.5, 0.6) is 17.4 Å². The van der Waals surface area contributed by atoms with E-state index in [0.717, 1.165) is 17.0 Å². The number of guanidine groups is 1. The van der Waals surface area contributed by atoms with Gasteiger partial charge in [-0.1, -0.05) is 25.1 Å². The minimum absolute atomic E-state index is 0.512. The number of nitrogens with zero attached hydrogens (tertiary/aromatic N) is 3. The van der Waals surface area contributed by atoms with Crippen LogP contribution in [0.15, 0.2) is 53.8 Å². The zero-order valence-corrected chi connectivity index (χ0v) is 18.3. The number of pyridine rings is 1. The van der Waals surface area contributed by atoms with Crippen molar-refractivity contribution in [3.8, 4) is 17.4 Å². The first-order valence-electron chi connectivity index (χ1n) is 9.89. The summed E-state index contributed by atoms with van der Waals surface area (Å²) in [5, 5.41) is 7.60. The molecule has 1 aromatic carbocycles. The number of hydrogen-bond donors (Lipinski definition) is 2. The lowest BCUT2D eigenvalue weighted by atomic mass is 10.2. The Kier molecular flexibility index (Phi) is 8.02. The lowest BCUT2D eigenvalue weighted by molar-refractivity contribution is 0.300. The van der Waals surface area contributed by atoms with Crippen LogP contribution in [0.4, 0.5) is 0 Å². The van der Waals surface area contributed by atoms with Crippen LogP contribution in [0.1, 0.15) is 28.8 Å². The summed E-state index contributed by atoms with van der Waals surface area (Å²) in [6, 6.07) is 11.5. The summed E-state index contributed by atoms with van der Waals surface area (Å²) in [6.07, 6.45) is 4.52. The van der Waals surface area contributed by atoms with Crippen LogP contribution < -0.4 is 20.1 Å². The Morgan fingerprint density at radius 1 is 1.07 bits per heavy atom. The second-order valence-electron chi connectivity index (χ2n) is 6.51. The van der Waals surface area contributed by atoms with E-state index in [2.05, 4.69) is 32.5 Å². The quantitative estimate of drug-likeness (QED) is 0.393. The summed E-state index contributed by atoms with van der Waals surface area (Å²) < 4.78 is 11.9. The van der Waals surface area contributed by atoms with Crippen LogP contribution in [-0.4, -0.2) is 29.6 Å². The molecule has 30 heavy (non-hydrogen) atoms. The molecule has 2 aromatic heterocycles. The number of rotatable bonds is 9. The van der Waals surface area contributed by atoms with Crippen LogP contribution in [0, 0.1) is 6.92 Å². The van der Waals surface area contributed by atoms with Gasteiger partial charge in [-0.3, -0.25) is 4.99 Å². The number of hydrogen-bond acceptors (Lipinski definition) is 6. The molecule has 0 spiro atoms. The van der Waals surface area contributed by atoms with Gasteiger partial charge >= 0.3 is 0 Å². The fourth-order valence-corrected chi connectivity index (χ4v) is 3.39. The molecule has 7 nitrogen and oxygen atoms in total. The summed E-state index contributed by atoms with van der Waals surface area (Å²) in [5.74, 6) is 2.57. The van der Waals surface area contributed by atoms with Crippen molar-refractivity contribution >= 4 is 17.3 Å². The van der Waals surface area contributed by atoms with E-state index in [1.165, 1.54) is 4.88 Å². The SMILES string of the molecule is CCCOc1ccccc1Oc1ncccc1CNC(=NC)NCc1ncc(C)s1. The number of benzene rings is 1. The Hall–Kier alpha value is -3.13. The number of para-hydroxylation sites is 2. The van der Waals surface area contributed by atoms with E-state index >= 15 is 0 Å². The first-order chi connectivity index (χ1) is 14.7. The third kappa shape index (κ3) is 6.18. The van der Waals surface area contributed by atoms with Gasteiger partial charge in [0.2, 0.25) is 5.88 Å². The maximum atomic E-state index is 6.09. The van der Waals surface area contributed by atoms with Crippen molar-refractivity contribution in [2.24, 2.45) is 4.99 Å². The van der Waals surface area contributed by atoms with Gasteiger partial charge in [-0.15, -0.1) is 11.3 Å². The third-order valence-corrected chi connectivity index (χ3v) is 5.03. The van der Waals surface area contributed by atoms with Crippen molar-refractivity contribution in [3.63, 3.8) is 0 Å². The highest BCUT2D eigenvalue weighted by Gasteiger charge is 2.11. The van der Waals surface area contributed by atoms with Gasteiger partial charge in [-0.2, -0.15) is 0 Å². The van der Waals surface area contributed by atoms with E-state index in [-0.39, 0.29) is 0 Å². The molecule has 0 bridgehead atoms. The number of thiazole rings is 1. The molecule has 0 atom stereocenters. The largest absolute Gasteiger partial charge is 0.490 e. The van der Waals surface area contributed by atoms with Crippen LogP contribution in [0.2, 0.25) is 0 Å². The van der Waals surface area contributed by atoms with Gasteiger partial charge in [0.15, 0.2) is 17.5 Å². The molecule has 0 saturated carbocycles. The molecule has 0 amide bonds. The fraction of sp³-hybridized carbons (Fsp3) is 0.318.